The summed E-state index contributed by atoms with van der Waals surface area (Å²) >= 11 is 0. The van der Waals surface area contributed by atoms with E-state index in [2.05, 4.69) is 55.6 Å². The van der Waals surface area contributed by atoms with E-state index in [1.54, 1.807) is 6.08 Å². The molecule has 8 unspecified atom stereocenters. The second kappa shape index (κ2) is 40.2. The van der Waals surface area contributed by atoms with Gasteiger partial charge in [-0.2, -0.15) is 0 Å². The van der Waals surface area contributed by atoms with Crippen LogP contribution in [0.15, 0.2) is 48.6 Å². The number of hydrogen-bond donors (Lipinski definition) is 9. The summed E-state index contributed by atoms with van der Waals surface area (Å²) in [6.45, 7) is 3.71. The molecule has 0 aliphatic heterocycles. The van der Waals surface area contributed by atoms with Crippen LogP contribution in [0.4, 0.5) is 0 Å². The fourth-order valence-electron chi connectivity index (χ4n) is 7.95. The van der Waals surface area contributed by atoms with Crippen LogP contribution in [0, 0.1) is 0 Å². The van der Waals surface area contributed by atoms with E-state index in [-0.39, 0.29) is 6.42 Å². The molecule has 65 heavy (non-hydrogen) atoms. The fraction of sp³-hybridized carbons (Fsp3) is 0.824. The maximum absolute atomic E-state index is 13.0. The van der Waals surface area contributed by atoms with Gasteiger partial charge in [-0.3, -0.25) is 13.8 Å². The van der Waals surface area contributed by atoms with Crippen molar-refractivity contribution >= 4 is 13.7 Å². The number of carbonyl (C=O) groups is 1. The van der Waals surface area contributed by atoms with E-state index >= 15 is 0 Å². The Morgan fingerprint density at radius 1 is 0.554 bits per heavy atom. The van der Waals surface area contributed by atoms with Gasteiger partial charge in [0.25, 0.3) is 0 Å². The third-order valence-corrected chi connectivity index (χ3v) is 13.1. The van der Waals surface area contributed by atoms with Crippen LogP contribution in [-0.2, 0) is 18.4 Å². The highest BCUT2D eigenvalue weighted by Crippen LogP contribution is 2.47. The van der Waals surface area contributed by atoms with Crippen molar-refractivity contribution in [3.63, 3.8) is 0 Å². The van der Waals surface area contributed by atoms with E-state index in [9.17, 15) is 50.0 Å². The van der Waals surface area contributed by atoms with Gasteiger partial charge in [-0.1, -0.05) is 191 Å². The standard InChI is InChI=1S/C51H94NO12P/c1-3-5-7-9-11-13-15-17-19-21-23-25-27-29-31-33-35-37-39-44(54)43(41-63-65(61,62)64-51-49(59)47(57)46(56)48(58)50(51)60)52-45(55)40-42(53)38-36-34-32-30-28-26-24-22-20-18-16-14-12-10-8-6-4-2/h12,14,16,18,29,31,37,39,42-44,46-51,53-54,56-60H,3-11,13,15,17,19-28,30,32-36,38,40-41H2,1-2H3,(H,52,55)(H,61,62)/b14-12-,18-16-,31-29+,39-37+. The molecular formula is C51H94NO12P. The molecule has 14 heteroatoms. The lowest BCUT2D eigenvalue weighted by Crippen LogP contribution is -2.64. The molecule has 1 aliphatic carbocycles. The van der Waals surface area contributed by atoms with Crippen molar-refractivity contribution in [3.05, 3.63) is 48.6 Å². The molecule has 0 spiro atoms. The first-order valence-corrected chi connectivity index (χ1v) is 27.2. The van der Waals surface area contributed by atoms with Gasteiger partial charge in [-0.25, -0.2) is 4.57 Å². The van der Waals surface area contributed by atoms with Gasteiger partial charge in [0.05, 0.1) is 31.3 Å². The van der Waals surface area contributed by atoms with E-state index in [0.717, 1.165) is 57.8 Å². The van der Waals surface area contributed by atoms with E-state index in [4.69, 9.17) is 9.05 Å². The molecule has 13 nitrogen and oxygen atoms in total. The second-order valence-corrected chi connectivity index (χ2v) is 19.6. The fourth-order valence-corrected chi connectivity index (χ4v) is 8.92. The minimum atomic E-state index is -5.16. The number of phosphoric acid groups is 1. The Kier molecular flexibility index (Phi) is 37.9. The molecule has 9 N–H and O–H groups in total. The molecule has 1 amide bonds. The highest BCUT2D eigenvalue weighted by Gasteiger charge is 2.51. The van der Waals surface area contributed by atoms with Gasteiger partial charge in [0.15, 0.2) is 0 Å². The Morgan fingerprint density at radius 2 is 0.954 bits per heavy atom. The van der Waals surface area contributed by atoms with Crippen molar-refractivity contribution in [1.29, 1.82) is 0 Å². The number of aliphatic hydroxyl groups excluding tert-OH is 7. The number of amides is 1. The average molecular weight is 944 g/mol. The SMILES string of the molecule is CCCCC/C=C\C=C/CCCCCCCCCCC(O)CC(=O)NC(COP(=O)(O)OC1C(O)C(O)C(O)C(O)C1O)C(O)/C=C/CC/C=C/CCCCCCCCCCCCCC. The molecule has 0 heterocycles. The first-order chi connectivity index (χ1) is 31.3. The smallest absolute Gasteiger partial charge is 0.393 e. The number of aliphatic hydroxyl groups is 7. The van der Waals surface area contributed by atoms with Crippen LogP contribution in [0.5, 0.6) is 0 Å². The van der Waals surface area contributed by atoms with E-state index in [1.807, 2.05) is 0 Å². The highest BCUT2D eigenvalue weighted by molar-refractivity contribution is 7.47. The van der Waals surface area contributed by atoms with Crippen LogP contribution in [0.25, 0.3) is 0 Å². The van der Waals surface area contributed by atoms with Crippen molar-refractivity contribution < 1.29 is 59.0 Å². The summed E-state index contributed by atoms with van der Waals surface area (Å²) in [5.74, 6) is -0.607. The minimum Gasteiger partial charge on any atom is -0.393 e. The molecule has 0 aromatic carbocycles. The predicted octanol–water partition coefficient (Wildman–Crippen LogP) is 9.48. The zero-order valence-electron chi connectivity index (χ0n) is 40.4. The zero-order chi connectivity index (χ0) is 48.0. The van der Waals surface area contributed by atoms with Crippen LogP contribution < -0.4 is 5.32 Å². The molecule has 1 rings (SSSR count). The molecular weight excluding hydrogens is 850 g/mol. The summed E-state index contributed by atoms with van der Waals surface area (Å²) in [4.78, 5) is 23.5. The molecule has 1 saturated carbocycles. The van der Waals surface area contributed by atoms with Gasteiger partial charge in [-0.05, 0) is 57.8 Å². The van der Waals surface area contributed by atoms with E-state index in [1.165, 1.54) is 122 Å². The average Bonchev–Trinajstić information content (AvgIpc) is 3.28. The summed E-state index contributed by atoms with van der Waals surface area (Å²) in [5.41, 5.74) is 0. The van der Waals surface area contributed by atoms with Crippen LogP contribution >= 0.6 is 7.82 Å². The van der Waals surface area contributed by atoms with Crippen LogP contribution in [0.3, 0.4) is 0 Å². The molecule has 0 bridgehead atoms. The Bertz CT molecular complexity index is 1300. The molecule has 380 valence electrons. The third-order valence-electron chi connectivity index (χ3n) is 12.2. The number of nitrogens with one attached hydrogen (secondary N) is 1. The summed E-state index contributed by atoms with van der Waals surface area (Å²) in [7, 11) is -5.16. The Morgan fingerprint density at radius 3 is 1.48 bits per heavy atom. The summed E-state index contributed by atoms with van der Waals surface area (Å²) in [6.07, 6.45) is 34.7. The highest BCUT2D eigenvalue weighted by atomic mass is 31.2. The van der Waals surface area contributed by atoms with Crippen molar-refractivity contribution in [2.45, 2.75) is 261 Å². The van der Waals surface area contributed by atoms with Gasteiger partial charge in [0, 0.05) is 0 Å². The molecule has 0 saturated heterocycles. The van der Waals surface area contributed by atoms with Gasteiger partial charge in [-0.15, -0.1) is 0 Å². The Hall–Kier alpha value is -1.74. The quantitative estimate of drug-likeness (QED) is 0.0121. The summed E-state index contributed by atoms with van der Waals surface area (Å²) < 4.78 is 22.9. The van der Waals surface area contributed by atoms with Crippen LogP contribution in [0.1, 0.15) is 206 Å². The molecule has 1 aliphatic rings. The number of phosphoric ester groups is 1. The number of carbonyl (C=O) groups excluding carboxylic acids is 1. The van der Waals surface area contributed by atoms with Crippen molar-refractivity contribution in [3.8, 4) is 0 Å². The van der Waals surface area contributed by atoms with Gasteiger partial charge in [0.2, 0.25) is 5.91 Å². The maximum Gasteiger partial charge on any atom is 0.472 e. The lowest BCUT2D eigenvalue weighted by molar-refractivity contribution is -0.220. The monoisotopic (exact) mass is 944 g/mol. The van der Waals surface area contributed by atoms with Crippen molar-refractivity contribution in [1.82, 2.24) is 5.32 Å². The number of allylic oxidation sites excluding steroid dienone is 7. The number of rotatable bonds is 42. The normalized spacial score (nSPS) is 22.9. The van der Waals surface area contributed by atoms with E-state index in [0.29, 0.717) is 12.8 Å². The van der Waals surface area contributed by atoms with Crippen LogP contribution in [-0.4, -0.2) is 108 Å². The van der Waals surface area contributed by atoms with Crippen LogP contribution in [0.2, 0.25) is 0 Å². The lowest BCUT2D eigenvalue weighted by Gasteiger charge is -2.41. The Labute approximate surface area is 393 Å². The first kappa shape index (κ1) is 61.3. The maximum atomic E-state index is 13.0. The predicted molar refractivity (Wildman–Crippen MR) is 261 cm³/mol. The van der Waals surface area contributed by atoms with Gasteiger partial charge in [0.1, 0.15) is 36.6 Å². The van der Waals surface area contributed by atoms with E-state index < -0.39 is 75.2 Å². The van der Waals surface area contributed by atoms with Gasteiger partial charge >= 0.3 is 7.82 Å². The number of unbranched alkanes of at least 4 members (excludes halogenated alkanes) is 24. The molecule has 0 radical (unpaired) electrons. The van der Waals surface area contributed by atoms with Crippen molar-refractivity contribution in [2.75, 3.05) is 6.61 Å². The zero-order valence-corrected chi connectivity index (χ0v) is 41.3. The van der Waals surface area contributed by atoms with Crippen molar-refractivity contribution in [2.24, 2.45) is 0 Å². The summed E-state index contributed by atoms with van der Waals surface area (Å²) in [6, 6.07) is -1.26. The van der Waals surface area contributed by atoms with Gasteiger partial charge < -0.3 is 46.0 Å². The lowest BCUT2D eigenvalue weighted by atomic mass is 9.85. The molecule has 0 aromatic heterocycles. The largest absolute Gasteiger partial charge is 0.472 e. The topological polar surface area (TPSA) is 226 Å². The summed E-state index contributed by atoms with van der Waals surface area (Å²) in [5, 5.41) is 74.6. The molecule has 0 aromatic rings. The Balaban J connectivity index is 2.52. The first-order valence-electron chi connectivity index (χ1n) is 25.7. The third kappa shape index (κ3) is 31.8. The number of hydrogen-bond acceptors (Lipinski definition) is 11. The molecule has 1 fully saturated rings. The molecule has 8 atom stereocenters. The minimum absolute atomic E-state index is 0.258. The second-order valence-electron chi connectivity index (χ2n) is 18.2.